The number of ketones is 1. The monoisotopic (exact) mass is 423 g/mol. The third kappa shape index (κ3) is 3.96. The van der Waals surface area contributed by atoms with Crippen LogP contribution in [0.2, 0.25) is 0 Å². The number of hydrogen-bond acceptors (Lipinski definition) is 3. The molecule has 0 saturated heterocycles. The minimum absolute atomic E-state index is 0. The van der Waals surface area contributed by atoms with E-state index >= 15 is 0 Å². The molecule has 0 bridgehead atoms. The Kier molecular flexibility index (Phi) is 7.23. The van der Waals surface area contributed by atoms with Crippen molar-refractivity contribution in [3.63, 3.8) is 0 Å². The fourth-order valence-corrected chi connectivity index (χ4v) is 7.43. The highest BCUT2D eigenvalue weighted by Crippen LogP contribution is 2.64. The van der Waals surface area contributed by atoms with Crippen LogP contribution in [0.25, 0.3) is 0 Å². The van der Waals surface area contributed by atoms with Gasteiger partial charge in [-0.1, -0.05) is 39.3 Å². The minimum atomic E-state index is -0.00634. The molecule has 0 heterocycles. The van der Waals surface area contributed by atoms with Crippen molar-refractivity contribution in [2.75, 3.05) is 26.2 Å². The number of rotatable bonds is 6. The zero-order valence-electron chi connectivity index (χ0n) is 19.0. The van der Waals surface area contributed by atoms with Gasteiger partial charge in [-0.3, -0.25) is 4.79 Å². The maximum Gasteiger partial charge on any atom is 0.139 e. The summed E-state index contributed by atoms with van der Waals surface area (Å²) in [6.07, 6.45) is 12.2. The van der Waals surface area contributed by atoms with Gasteiger partial charge in [0.1, 0.15) is 5.78 Å². The number of halogens is 1. The summed E-state index contributed by atoms with van der Waals surface area (Å²) < 4.78 is 6.32. The molecule has 0 aromatic rings. The summed E-state index contributed by atoms with van der Waals surface area (Å²) in [6, 6.07) is 0. The minimum Gasteiger partial charge on any atom is -0.377 e. The molecule has 0 unspecified atom stereocenters. The summed E-state index contributed by atoms with van der Waals surface area (Å²) in [5.74, 6) is 2.71. The molecule has 29 heavy (non-hydrogen) atoms. The first-order valence-corrected chi connectivity index (χ1v) is 12.0. The van der Waals surface area contributed by atoms with E-state index in [2.05, 4.69) is 38.7 Å². The highest BCUT2D eigenvalue weighted by Gasteiger charge is 2.58. The quantitative estimate of drug-likeness (QED) is 0.515. The van der Waals surface area contributed by atoms with E-state index in [4.69, 9.17) is 4.74 Å². The van der Waals surface area contributed by atoms with Gasteiger partial charge in [0, 0.05) is 18.4 Å². The Morgan fingerprint density at radius 2 is 1.76 bits per heavy atom. The van der Waals surface area contributed by atoms with Crippen LogP contribution in [0, 0.1) is 28.6 Å². The highest BCUT2D eigenvalue weighted by atomic mass is 35.5. The first-order valence-electron chi connectivity index (χ1n) is 12.0. The molecule has 4 heteroatoms. The van der Waals surface area contributed by atoms with Crippen LogP contribution in [-0.2, 0) is 9.53 Å². The van der Waals surface area contributed by atoms with Crippen molar-refractivity contribution in [1.82, 2.24) is 4.90 Å². The van der Waals surface area contributed by atoms with Gasteiger partial charge in [0.2, 0.25) is 0 Å². The Balaban J connectivity index is 0.00000240. The third-order valence-electron chi connectivity index (χ3n) is 9.42. The van der Waals surface area contributed by atoms with Crippen LogP contribution in [-0.4, -0.2) is 43.0 Å². The second-order valence-corrected chi connectivity index (χ2v) is 10.4. The van der Waals surface area contributed by atoms with Gasteiger partial charge >= 0.3 is 0 Å². The number of likely N-dealkylation sites (N-methyl/N-ethyl adjacent to an activating group) is 1. The lowest BCUT2D eigenvalue weighted by molar-refractivity contribution is -0.132. The van der Waals surface area contributed by atoms with Crippen LogP contribution in [0.4, 0.5) is 0 Å². The zero-order valence-corrected chi connectivity index (χ0v) is 19.9. The average molecular weight is 424 g/mol. The molecule has 0 aromatic carbocycles. The predicted molar refractivity (Wildman–Crippen MR) is 121 cm³/mol. The van der Waals surface area contributed by atoms with Crippen molar-refractivity contribution in [3.05, 3.63) is 11.6 Å². The molecular weight excluding hydrogens is 382 g/mol. The summed E-state index contributed by atoms with van der Waals surface area (Å²) in [5.41, 5.74) is 2.03. The van der Waals surface area contributed by atoms with Crippen LogP contribution in [0.5, 0.6) is 0 Å². The molecule has 0 radical (unpaired) electrons. The van der Waals surface area contributed by atoms with Crippen LogP contribution in [0.1, 0.15) is 79.1 Å². The number of carbonyl (C=O) groups is 1. The molecule has 4 rings (SSSR count). The topological polar surface area (TPSA) is 29.5 Å². The summed E-state index contributed by atoms with van der Waals surface area (Å²) in [4.78, 5) is 15.0. The number of fused-ring (bicyclic) bond motifs is 5. The smallest absolute Gasteiger partial charge is 0.139 e. The first-order chi connectivity index (χ1) is 13.4. The molecule has 0 spiro atoms. The van der Waals surface area contributed by atoms with Crippen LogP contribution < -0.4 is 0 Å². The number of Topliss-reactive ketones (excluding diaryl/α,β-unsaturated/α-hetero) is 1. The number of ether oxygens (including phenoxy) is 1. The van der Waals surface area contributed by atoms with E-state index in [9.17, 15) is 4.79 Å². The SMILES string of the molecule is CCN(CC)CCO[C@H]1CC[C@@]2(C)C(=CC[C@@H]3[C@@H]2CC[C@]2(C)C(=O)CC[C@@H]32)C1.Cl. The zero-order chi connectivity index (χ0) is 19.9. The van der Waals surface area contributed by atoms with Gasteiger partial charge in [-0.25, -0.2) is 0 Å². The van der Waals surface area contributed by atoms with E-state index < -0.39 is 0 Å². The highest BCUT2D eigenvalue weighted by molar-refractivity contribution is 5.87. The Hall–Kier alpha value is -0.380. The summed E-state index contributed by atoms with van der Waals surface area (Å²) in [7, 11) is 0. The largest absolute Gasteiger partial charge is 0.377 e. The van der Waals surface area contributed by atoms with E-state index in [0.29, 0.717) is 23.2 Å². The molecular formula is C25H42ClNO2. The molecule has 0 N–H and O–H groups in total. The van der Waals surface area contributed by atoms with Gasteiger partial charge in [0.25, 0.3) is 0 Å². The molecule has 6 atom stereocenters. The standard InChI is InChI=1S/C25H41NO2.ClH/c1-5-26(6-2)15-16-28-19-11-13-24(3)18(17-19)7-8-20-21-9-10-23(27)25(21,4)14-12-22(20)24;/h7,19-22H,5-6,8-17H2,1-4H3;1H/t19-,20-,21-,22-,24-,25-;/m0./s1. The van der Waals surface area contributed by atoms with E-state index in [0.717, 1.165) is 63.8 Å². The van der Waals surface area contributed by atoms with E-state index in [1.54, 1.807) is 5.57 Å². The second-order valence-electron chi connectivity index (χ2n) is 10.4. The molecule has 4 aliphatic rings. The lowest BCUT2D eigenvalue weighted by Crippen LogP contribution is -2.50. The molecule has 3 nitrogen and oxygen atoms in total. The van der Waals surface area contributed by atoms with E-state index in [-0.39, 0.29) is 17.8 Å². The van der Waals surface area contributed by atoms with Gasteiger partial charge in [0.15, 0.2) is 0 Å². The lowest BCUT2D eigenvalue weighted by atomic mass is 9.48. The average Bonchev–Trinajstić information content (AvgIpc) is 3.00. The number of allylic oxidation sites excluding steroid dienone is 1. The molecule has 3 saturated carbocycles. The normalized spacial score (nSPS) is 41.3. The van der Waals surface area contributed by atoms with Crippen molar-refractivity contribution < 1.29 is 9.53 Å². The van der Waals surface area contributed by atoms with Crippen molar-refractivity contribution in [2.24, 2.45) is 28.6 Å². The van der Waals surface area contributed by atoms with E-state index in [1.807, 2.05) is 0 Å². The Morgan fingerprint density at radius 3 is 2.48 bits per heavy atom. The molecule has 0 aromatic heterocycles. The van der Waals surface area contributed by atoms with Crippen molar-refractivity contribution in [2.45, 2.75) is 85.2 Å². The predicted octanol–water partition coefficient (Wildman–Crippen LogP) is 5.67. The van der Waals surface area contributed by atoms with Crippen LogP contribution in [0.15, 0.2) is 11.6 Å². The van der Waals surface area contributed by atoms with Gasteiger partial charge in [-0.05, 0) is 81.2 Å². The molecule has 3 fully saturated rings. The third-order valence-corrected chi connectivity index (χ3v) is 9.42. The Morgan fingerprint density at radius 1 is 1.07 bits per heavy atom. The summed E-state index contributed by atoms with van der Waals surface area (Å²) in [5, 5.41) is 0. The van der Waals surface area contributed by atoms with Crippen molar-refractivity contribution >= 4 is 18.2 Å². The maximum atomic E-state index is 12.6. The second kappa shape index (κ2) is 9.01. The van der Waals surface area contributed by atoms with Crippen molar-refractivity contribution in [3.8, 4) is 0 Å². The van der Waals surface area contributed by atoms with E-state index in [1.165, 1.54) is 25.7 Å². The Bertz CT molecular complexity index is 630. The summed E-state index contributed by atoms with van der Waals surface area (Å²) >= 11 is 0. The number of carbonyl (C=O) groups excluding carboxylic acids is 1. The first kappa shape index (κ1) is 23.3. The summed E-state index contributed by atoms with van der Waals surface area (Å²) in [6.45, 7) is 13.4. The molecule has 0 amide bonds. The molecule has 166 valence electrons. The van der Waals surface area contributed by atoms with Crippen LogP contribution in [0.3, 0.4) is 0 Å². The molecule has 4 aliphatic carbocycles. The van der Waals surface area contributed by atoms with Crippen LogP contribution >= 0.6 is 12.4 Å². The fourth-order valence-electron chi connectivity index (χ4n) is 7.43. The van der Waals surface area contributed by atoms with Crippen molar-refractivity contribution in [1.29, 1.82) is 0 Å². The fraction of sp³-hybridized carbons (Fsp3) is 0.880. The van der Waals surface area contributed by atoms with Gasteiger partial charge in [-0.2, -0.15) is 0 Å². The number of hydrogen-bond donors (Lipinski definition) is 0. The molecule has 0 aliphatic heterocycles. The van der Waals surface area contributed by atoms with Gasteiger partial charge < -0.3 is 9.64 Å². The number of nitrogens with zero attached hydrogens (tertiary/aromatic N) is 1. The van der Waals surface area contributed by atoms with Gasteiger partial charge in [0.05, 0.1) is 12.7 Å². The maximum absolute atomic E-state index is 12.6. The Labute approximate surface area is 184 Å². The van der Waals surface area contributed by atoms with Gasteiger partial charge in [-0.15, -0.1) is 12.4 Å². The lowest BCUT2D eigenvalue weighted by Gasteiger charge is -2.57.